The molecule has 12 heavy (non-hydrogen) atoms. The van der Waals surface area contributed by atoms with Crippen LogP contribution in [0, 0.1) is 0 Å². The lowest BCUT2D eigenvalue weighted by atomic mass is 10.2. The predicted octanol–water partition coefficient (Wildman–Crippen LogP) is -0.891. The van der Waals surface area contributed by atoms with E-state index in [-0.39, 0.29) is 5.91 Å². The molecule has 3 aliphatic heterocycles. The standard InChI is InChI=1S/C6H12N2.C2H5NO/c1-2-8-5-3-7(1)4-6-8;1-2(3)4/h1-6H2;1H3,(H2,3,4). The zero-order valence-electron chi connectivity index (χ0n) is 7.62. The second kappa shape index (κ2) is 4.42. The van der Waals surface area contributed by atoms with E-state index in [0.29, 0.717) is 0 Å². The number of primary amides is 1. The first-order valence-electron chi connectivity index (χ1n) is 4.39. The van der Waals surface area contributed by atoms with Gasteiger partial charge in [-0.1, -0.05) is 0 Å². The van der Waals surface area contributed by atoms with Crippen molar-refractivity contribution in [3.05, 3.63) is 0 Å². The summed E-state index contributed by atoms with van der Waals surface area (Å²) in [5, 5.41) is 0. The Labute approximate surface area is 73.3 Å². The third-order valence-corrected chi connectivity index (χ3v) is 2.20. The molecule has 0 spiro atoms. The molecule has 0 aromatic heterocycles. The van der Waals surface area contributed by atoms with Crippen LogP contribution < -0.4 is 5.73 Å². The molecule has 70 valence electrons. The molecule has 0 saturated carbocycles. The van der Waals surface area contributed by atoms with Gasteiger partial charge in [-0.3, -0.25) is 14.6 Å². The number of piperazine rings is 3. The maximum absolute atomic E-state index is 9.22. The van der Waals surface area contributed by atoms with Gasteiger partial charge in [0.1, 0.15) is 0 Å². The van der Waals surface area contributed by atoms with Gasteiger partial charge < -0.3 is 5.73 Å². The number of fused-ring (bicyclic) bond motifs is 3. The molecule has 3 fully saturated rings. The van der Waals surface area contributed by atoms with Gasteiger partial charge in [-0.25, -0.2) is 0 Å². The highest BCUT2D eigenvalue weighted by Gasteiger charge is 2.21. The lowest BCUT2D eigenvalue weighted by Gasteiger charge is -2.41. The van der Waals surface area contributed by atoms with Crippen molar-refractivity contribution in [2.24, 2.45) is 5.73 Å². The number of nitrogens with two attached hydrogens (primary N) is 1. The zero-order valence-corrected chi connectivity index (χ0v) is 7.62. The number of carbonyl (C=O) groups is 1. The maximum atomic E-state index is 9.22. The van der Waals surface area contributed by atoms with Gasteiger partial charge >= 0.3 is 0 Å². The fraction of sp³-hybridized carbons (Fsp3) is 0.875. The molecule has 2 bridgehead atoms. The first-order chi connectivity index (χ1) is 5.68. The van der Waals surface area contributed by atoms with E-state index in [2.05, 4.69) is 15.5 Å². The Balaban J connectivity index is 0.000000157. The highest BCUT2D eigenvalue weighted by atomic mass is 16.1. The van der Waals surface area contributed by atoms with E-state index in [1.807, 2.05) is 0 Å². The van der Waals surface area contributed by atoms with Gasteiger partial charge in [-0.05, 0) is 0 Å². The second-order valence-electron chi connectivity index (χ2n) is 3.29. The van der Waals surface area contributed by atoms with Crippen LogP contribution in [0.1, 0.15) is 6.92 Å². The van der Waals surface area contributed by atoms with Crippen molar-refractivity contribution >= 4 is 5.91 Å². The number of amides is 1. The van der Waals surface area contributed by atoms with E-state index >= 15 is 0 Å². The van der Waals surface area contributed by atoms with Gasteiger partial charge in [-0.2, -0.15) is 0 Å². The molecule has 3 aliphatic rings. The van der Waals surface area contributed by atoms with Crippen molar-refractivity contribution in [2.45, 2.75) is 6.92 Å². The summed E-state index contributed by atoms with van der Waals surface area (Å²) < 4.78 is 0. The first kappa shape index (κ1) is 9.48. The van der Waals surface area contributed by atoms with E-state index in [1.165, 1.54) is 46.2 Å². The summed E-state index contributed by atoms with van der Waals surface area (Å²) in [5.74, 6) is -0.333. The summed E-state index contributed by atoms with van der Waals surface area (Å²) >= 11 is 0. The molecule has 0 aromatic rings. The Morgan fingerprint density at radius 3 is 1.25 bits per heavy atom. The summed E-state index contributed by atoms with van der Waals surface area (Å²) in [6.45, 7) is 9.22. The topological polar surface area (TPSA) is 49.6 Å². The van der Waals surface area contributed by atoms with E-state index in [0.717, 1.165) is 0 Å². The molecule has 4 heteroatoms. The van der Waals surface area contributed by atoms with Crippen LogP contribution in [0.2, 0.25) is 0 Å². The molecule has 1 amide bonds. The summed E-state index contributed by atoms with van der Waals surface area (Å²) in [4.78, 5) is 14.3. The largest absolute Gasteiger partial charge is 0.370 e. The normalized spacial score (nSPS) is 32.1. The van der Waals surface area contributed by atoms with E-state index in [1.54, 1.807) is 0 Å². The molecule has 3 rings (SSSR count). The Hall–Kier alpha value is -0.610. The molecule has 0 atom stereocenters. The van der Waals surface area contributed by atoms with Crippen LogP contribution >= 0.6 is 0 Å². The van der Waals surface area contributed by atoms with Crippen molar-refractivity contribution in [2.75, 3.05) is 39.3 Å². The van der Waals surface area contributed by atoms with Gasteiger partial charge in [0.25, 0.3) is 0 Å². The Kier molecular flexibility index (Phi) is 3.49. The van der Waals surface area contributed by atoms with Crippen LogP contribution in [0.25, 0.3) is 0 Å². The van der Waals surface area contributed by atoms with E-state index < -0.39 is 0 Å². The quantitative estimate of drug-likeness (QED) is 0.514. The minimum Gasteiger partial charge on any atom is -0.370 e. The van der Waals surface area contributed by atoms with Crippen molar-refractivity contribution < 1.29 is 4.79 Å². The number of hydrogen-bond donors (Lipinski definition) is 1. The average Bonchev–Trinajstić information content (AvgIpc) is 2.07. The molecule has 4 nitrogen and oxygen atoms in total. The molecule has 0 aromatic carbocycles. The number of carbonyl (C=O) groups excluding carboxylic acids is 1. The fourth-order valence-corrected chi connectivity index (χ4v) is 1.52. The first-order valence-corrected chi connectivity index (χ1v) is 4.39. The molecular formula is C8H17N3O. The van der Waals surface area contributed by atoms with Gasteiger partial charge in [0.05, 0.1) is 0 Å². The fourth-order valence-electron chi connectivity index (χ4n) is 1.52. The van der Waals surface area contributed by atoms with Crippen molar-refractivity contribution in [1.29, 1.82) is 0 Å². The lowest BCUT2D eigenvalue weighted by Crippen LogP contribution is -2.55. The molecule has 2 N–H and O–H groups in total. The van der Waals surface area contributed by atoms with Crippen LogP contribution in [0.4, 0.5) is 0 Å². The van der Waals surface area contributed by atoms with Crippen LogP contribution in [-0.2, 0) is 4.79 Å². The van der Waals surface area contributed by atoms with Gasteiger partial charge in [0, 0.05) is 46.2 Å². The number of hydrogen-bond acceptors (Lipinski definition) is 3. The average molecular weight is 171 g/mol. The van der Waals surface area contributed by atoms with Crippen LogP contribution in [-0.4, -0.2) is 55.0 Å². The molecule has 0 aliphatic carbocycles. The van der Waals surface area contributed by atoms with Crippen molar-refractivity contribution in [3.8, 4) is 0 Å². The molecule has 0 unspecified atom stereocenters. The smallest absolute Gasteiger partial charge is 0.214 e. The Bertz CT molecular complexity index is 125. The van der Waals surface area contributed by atoms with E-state index in [4.69, 9.17) is 0 Å². The van der Waals surface area contributed by atoms with Crippen LogP contribution in [0.5, 0.6) is 0 Å². The van der Waals surface area contributed by atoms with Crippen LogP contribution in [0.3, 0.4) is 0 Å². The SMILES string of the molecule is C1CN2CCN1CC2.CC(N)=O. The minimum absolute atomic E-state index is 0.333. The summed E-state index contributed by atoms with van der Waals surface area (Å²) in [6.07, 6.45) is 0. The molecule has 3 saturated heterocycles. The van der Waals surface area contributed by atoms with Gasteiger partial charge in [0.15, 0.2) is 0 Å². The third kappa shape index (κ3) is 3.19. The van der Waals surface area contributed by atoms with Crippen molar-refractivity contribution in [3.63, 3.8) is 0 Å². The Morgan fingerprint density at radius 2 is 1.17 bits per heavy atom. The summed E-state index contributed by atoms with van der Waals surface area (Å²) in [5.41, 5.74) is 4.47. The maximum Gasteiger partial charge on any atom is 0.214 e. The number of nitrogens with zero attached hydrogens (tertiary/aromatic N) is 2. The van der Waals surface area contributed by atoms with Gasteiger partial charge in [0.2, 0.25) is 5.91 Å². The third-order valence-electron chi connectivity index (χ3n) is 2.20. The molecule has 3 heterocycles. The monoisotopic (exact) mass is 171 g/mol. The van der Waals surface area contributed by atoms with Crippen molar-refractivity contribution in [1.82, 2.24) is 9.80 Å². The Morgan fingerprint density at radius 1 is 1.00 bits per heavy atom. The van der Waals surface area contributed by atoms with Crippen LogP contribution in [0.15, 0.2) is 0 Å². The predicted molar refractivity (Wildman–Crippen MR) is 47.7 cm³/mol. The lowest BCUT2D eigenvalue weighted by molar-refractivity contribution is -0.115. The minimum atomic E-state index is -0.333. The number of rotatable bonds is 0. The molecule has 0 radical (unpaired) electrons. The summed E-state index contributed by atoms with van der Waals surface area (Å²) in [7, 11) is 0. The van der Waals surface area contributed by atoms with E-state index in [9.17, 15) is 4.79 Å². The molecular weight excluding hydrogens is 154 g/mol. The highest BCUT2D eigenvalue weighted by molar-refractivity contribution is 5.70. The van der Waals surface area contributed by atoms with Gasteiger partial charge in [-0.15, -0.1) is 0 Å². The summed E-state index contributed by atoms with van der Waals surface area (Å²) in [6, 6.07) is 0. The second-order valence-corrected chi connectivity index (χ2v) is 3.29. The highest BCUT2D eigenvalue weighted by Crippen LogP contribution is 2.06. The zero-order chi connectivity index (χ0) is 8.97.